The van der Waals surface area contributed by atoms with E-state index < -0.39 is 0 Å². The average Bonchev–Trinajstić information content (AvgIpc) is 2.98. The van der Waals surface area contributed by atoms with Gasteiger partial charge in [0, 0.05) is 32.9 Å². The molecule has 1 fully saturated rings. The molecule has 0 aliphatic carbocycles. The van der Waals surface area contributed by atoms with E-state index >= 15 is 0 Å². The van der Waals surface area contributed by atoms with Crippen molar-refractivity contribution in [3.8, 4) is 0 Å². The first-order valence-electron chi connectivity index (χ1n) is 9.00. The van der Waals surface area contributed by atoms with Crippen LogP contribution in [0.4, 0.5) is 0 Å². The van der Waals surface area contributed by atoms with Crippen LogP contribution in [0.25, 0.3) is 10.3 Å². The number of pyridine rings is 1. The average molecular weight is 353 g/mol. The highest BCUT2D eigenvalue weighted by molar-refractivity contribution is 7.15. The van der Waals surface area contributed by atoms with Crippen LogP contribution < -0.4 is 4.80 Å². The van der Waals surface area contributed by atoms with Gasteiger partial charge in [-0.05, 0) is 37.0 Å². The first-order chi connectivity index (χ1) is 12.3. The molecule has 0 spiro atoms. The van der Waals surface area contributed by atoms with E-state index in [0.29, 0.717) is 6.04 Å². The minimum Gasteiger partial charge on any atom is -0.318 e. The number of hydrogen-bond donors (Lipinski definition) is 0. The quantitative estimate of drug-likeness (QED) is 0.722. The van der Waals surface area contributed by atoms with E-state index in [2.05, 4.69) is 57.9 Å². The number of aryl methyl sites for hydroxylation is 1. The predicted octanol–water partition coefficient (Wildman–Crippen LogP) is 3.24. The molecule has 0 unspecified atom stereocenters. The molecule has 1 aromatic carbocycles. The Morgan fingerprint density at radius 1 is 1.12 bits per heavy atom. The number of aromatic nitrogens is 2. The number of fused-ring (bicyclic) bond motifs is 1. The molecule has 1 saturated heterocycles. The van der Waals surface area contributed by atoms with Gasteiger partial charge < -0.3 is 9.47 Å². The fourth-order valence-electron chi connectivity index (χ4n) is 3.45. The monoisotopic (exact) mass is 352 g/mol. The van der Waals surface area contributed by atoms with Crippen LogP contribution >= 0.6 is 11.3 Å². The lowest BCUT2D eigenvalue weighted by molar-refractivity contribution is 0.215. The SMILES string of the molecule is Cn1c(=NC2CCN(CCc3ccccc3)CC2)sc2ncccc21. The Morgan fingerprint density at radius 3 is 2.68 bits per heavy atom. The van der Waals surface area contributed by atoms with Crippen molar-refractivity contribution in [3.05, 3.63) is 59.0 Å². The number of nitrogens with zero attached hydrogens (tertiary/aromatic N) is 4. The second-order valence-corrected chi connectivity index (χ2v) is 7.66. The van der Waals surface area contributed by atoms with Crippen LogP contribution in [0.5, 0.6) is 0 Å². The van der Waals surface area contributed by atoms with Gasteiger partial charge in [0.15, 0.2) is 4.80 Å². The first kappa shape index (κ1) is 16.5. The smallest absolute Gasteiger partial charge is 0.187 e. The van der Waals surface area contributed by atoms with Crippen molar-refractivity contribution in [1.82, 2.24) is 14.5 Å². The molecule has 130 valence electrons. The van der Waals surface area contributed by atoms with Crippen LogP contribution in [0.3, 0.4) is 0 Å². The molecule has 1 aliphatic rings. The molecule has 0 bridgehead atoms. The molecule has 25 heavy (non-hydrogen) atoms. The zero-order chi connectivity index (χ0) is 17.1. The van der Waals surface area contributed by atoms with Crippen molar-refractivity contribution in [2.75, 3.05) is 19.6 Å². The molecule has 5 heteroatoms. The third-order valence-corrected chi connectivity index (χ3v) is 6.07. The molecule has 0 amide bonds. The summed E-state index contributed by atoms with van der Waals surface area (Å²) in [5, 5.41) is 0. The first-order valence-corrected chi connectivity index (χ1v) is 9.82. The third-order valence-electron chi connectivity index (χ3n) is 5.00. The van der Waals surface area contributed by atoms with Crippen LogP contribution in [0.1, 0.15) is 18.4 Å². The van der Waals surface area contributed by atoms with Gasteiger partial charge in [0.05, 0.1) is 11.6 Å². The zero-order valence-corrected chi connectivity index (χ0v) is 15.5. The maximum Gasteiger partial charge on any atom is 0.187 e. The summed E-state index contributed by atoms with van der Waals surface area (Å²) >= 11 is 1.70. The van der Waals surface area contributed by atoms with E-state index in [-0.39, 0.29) is 0 Å². The summed E-state index contributed by atoms with van der Waals surface area (Å²) in [5.41, 5.74) is 2.60. The number of likely N-dealkylation sites (tertiary alicyclic amines) is 1. The van der Waals surface area contributed by atoms with Gasteiger partial charge in [0.2, 0.25) is 0 Å². The lowest BCUT2D eigenvalue weighted by Gasteiger charge is -2.30. The third kappa shape index (κ3) is 3.83. The Labute approximate surface area is 152 Å². The number of benzene rings is 1. The van der Waals surface area contributed by atoms with E-state index in [4.69, 9.17) is 4.99 Å². The molecular formula is C20H24N4S. The van der Waals surface area contributed by atoms with Crippen molar-refractivity contribution in [1.29, 1.82) is 0 Å². The summed E-state index contributed by atoms with van der Waals surface area (Å²) in [5.74, 6) is 0. The Balaban J connectivity index is 1.37. The van der Waals surface area contributed by atoms with Crippen molar-refractivity contribution in [2.45, 2.75) is 25.3 Å². The van der Waals surface area contributed by atoms with Crippen molar-refractivity contribution in [2.24, 2.45) is 12.0 Å². The number of piperidine rings is 1. The van der Waals surface area contributed by atoms with Crippen molar-refractivity contribution < 1.29 is 0 Å². The maximum absolute atomic E-state index is 5.02. The lowest BCUT2D eigenvalue weighted by Crippen LogP contribution is -2.37. The van der Waals surface area contributed by atoms with Gasteiger partial charge in [-0.25, -0.2) is 4.98 Å². The van der Waals surface area contributed by atoms with Crippen LogP contribution in [-0.2, 0) is 13.5 Å². The Morgan fingerprint density at radius 2 is 1.92 bits per heavy atom. The second-order valence-electron chi connectivity index (χ2n) is 6.71. The Kier molecular flexibility index (Phi) is 4.95. The molecule has 3 aromatic rings. The summed E-state index contributed by atoms with van der Waals surface area (Å²) in [6, 6.07) is 15.3. The second kappa shape index (κ2) is 7.50. The van der Waals surface area contributed by atoms with Crippen LogP contribution in [0.15, 0.2) is 53.7 Å². The summed E-state index contributed by atoms with van der Waals surface area (Å²) in [7, 11) is 2.09. The van der Waals surface area contributed by atoms with Crippen LogP contribution in [-0.4, -0.2) is 40.1 Å². The zero-order valence-electron chi connectivity index (χ0n) is 14.6. The van der Waals surface area contributed by atoms with Gasteiger partial charge in [-0.3, -0.25) is 4.99 Å². The minimum atomic E-state index is 0.437. The minimum absolute atomic E-state index is 0.437. The number of hydrogen-bond acceptors (Lipinski definition) is 4. The van der Waals surface area contributed by atoms with E-state index in [1.165, 1.54) is 11.1 Å². The van der Waals surface area contributed by atoms with Crippen LogP contribution in [0.2, 0.25) is 0 Å². The van der Waals surface area contributed by atoms with Crippen molar-refractivity contribution >= 4 is 21.7 Å². The van der Waals surface area contributed by atoms with E-state index in [0.717, 1.165) is 48.5 Å². The largest absolute Gasteiger partial charge is 0.318 e. The van der Waals surface area contributed by atoms with Gasteiger partial charge in [-0.1, -0.05) is 41.7 Å². The fourth-order valence-corrected chi connectivity index (χ4v) is 4.48. The van der Waals surface area contributed by atoms with Crippen molar-refractivity contribution in [3.63, 3.8) is 0 Å². The Hall–Kier alpha value is -1.98. The summed E-state index contributed by atoms with van der Waals surface area (Å²) in [4.78, 5) is 14.2. The van der Waals surface area contributed by atoms with Gasteiger partial charge in [-0.2, -0.15) is 0 Å². The highest BCUT2D eigenvalue weighted by atomic mass is 32.1. The molecule has 0 atom stereocenters. The van der Waals surface area contributed by atoms with E-state index in [1.54, 1.807) is 11.3 Å². The molecular weight excluding hydrogens is 328 g/mol. The molecule has 1 aliphatic heterocycles. The normalized spacial score (nSPS) is 17.4. The molecule has 4 nitrogen and oxygen atoms in total. The van der Waals surface area contributed by atoms with E-state index in [1.807, 2.05) is 12.3 Å². The standard InChI is InChI=1S/C20H24N4S/c1-23-18-8-5-12-21-19(18)25-20(23)22-17-10-14-24(15-11-17)13-9-16-6-3-2-4-7-16/h2-8,12,17H,9-11,13-15H2,1H3. The van der Waals surface area contributed by atoms with Gasteiger partial charge in [0.25, 0.3) is 0 Å². The molecule has 0 radical (unpaired) electrons. The molecule has 4 rings (SSSR count). The highest BCUT2D eigenvalue weighted by Crippen LogP contribution is 2.16. The topological polar surface area (TPSA) is 33.4 Å². The molecule has 0 saturated carbocycles. The van der Waals surface area contributed by atoms with Gasteiger partial charge >= 0.3 is 0 Å². The summed E-state index contributed by atoms with van der Waals surface area (Å²) in [6.45, 7) is 3.44. The highest BCUT2D eigenvalue weighted by Gasteiger charge is 2.18. The summed E-state index contributed by atoms with van der Waals surface area (Å²) in [6.07, 6.45) is 5.29. The Bertz CT molecular complexity index is 889. The molecule has 0 N–H and O–H groups in total. The predicted molar refractivity (Wildman–Crippen MR) is 104 cm³/mol. The van der Waals surface area contributed by atoms with E-state index in [9.17, 15) is 0 Å². The fraction of sp³-hybridized carbons (Fsp3) is 0.400. The number of rotatable bonds is 4. The van der Waals surface area contributed by atoms with Gasteiger partial charge in [0.1, 0.15) is 4.83 Å². The summed E-state index contributed by atoms with van der Waals surface area (Å²) < 4.78 is 2.18. The maximum atomic E-state index is 5.02. The van der Waals surface area contributed by atoms with Crippen LogP contribution in [0, 0.1) is 0 Å². The van der Waals surface area contributed by atoms with Gasteiger partial charge in [-0.15, -0.1) is 0 Å². The molecule has 3 heterocycles. The number of thiazole rings is 1. The lowest BCUT2D eigenvalue weighted by atomic mass is 10.0. The molecule has 2 aromatic heterocycles.